The van der Waals surface area contributed by atoms with Gasteiger partial charge in [0.2, 0.25) is 6.79 Å². The molecule has 1 saturated carbocycles. The Bertz CT molecular complexity index is 1470. The van der Waals surface area contributed by atoms with E-state index in [1.165, 1.54) is 0 Å². The van der Waals surface area contributed by atoms with Crippen molar-refractivity contribution in [3.8, 4) is 22.8 Å². The third-order valence-electron chi connectivity index (χ3n) is 7.93. The fourth-order valence-corrected chi connectivity index (χ4v) is 7.67. The zero-order chi connectivity index (χ0) is 26.5. The lowest BCUT2D eigenvalue weighted by Gasteiger charge is -2.31. The minimum Gasteiger partial charge on any atom is -0.454 e. The summed E-state index contributed by atoms with van der Waals surface area (Å²) in [6.45, 7) is 4.05. The standard InChI is InChI=1S/C30H31NO6S/c1-19-14-25(15-20(2)37-19)38(33,34)24-9-6-21(7-10-24)26-5-3-4-23(31-26)17-29(32)30(12-13-30)22-8-11-27-28(16-22)36-18-35-27/h3-11,16,19-20,25H,12-15,17-18H2,1-2H3. The average Bonchev–Trinajstić information content (AvgIpc) is 3.59. The maximum absolute atomic E-state index is 13.4. The molecule has 0 bridgehead atoms. The molecule has 2 fully saturated rings. The minimum absolute atomic E-state index is 0.0766. The van der Waals surface area contributed by atoms with Crippen LogP contribution in [0.3, 0.4) is 0 Å². The Hall–Kier alpha value is -3.23. The van der Waals surface area contributed by atoms with Gasteiger partial charge in [-0.25, -0.2) is 8.42 Å². The number of Topliss-reactive ketones (excluding diaryl/α,β-unsaturated/α-hetero) is 1. The second-order valence-electron chi connectivity index (χ2n) is 10.7. The number of ketones is 1. The van der Waals surface area contributed by atoms with Gasteiger partial charge in [-0.05, 0) is 81.5 Å². The number of hydrogen-bond donors (Lipinski definition) is 0. The van der Waals surface area contributed by atoms with Crippen molar-refractivity contribution in [2.45, 2.75) is 73.7 Å². The lowest BCUT2D eigenvalue weighted by Crippen LogP contribution is -2.37. The monoisotopic (exact) mass is 533 g/mol. The Balaban J connectivity index is 1.18. The number of fused-ring (bicyclic) bond motifs is 1. The van der Waals surface area contributed by atoms with Crippen LogP contribution < -0.4 is 9.47 Å². The molecule has 2 aromatic carbocycles. The lowest BCUT2D eigenvalue weighted by atomic mass is 9.88. The molecule has 1 saturated heterocycles. The fourth-order valence-electron chi connectivity index (χ4n) is 5.73. The molecule has 6 rings (SSSR count). The Kier molecular flexibility index (Phi) is 6.27. The predicted octanol–water partition coefficient (Wildman–Crippen LogP) is 5.05. The van der Waals surface area contributed by atoms with Gasteiger partial charge in [0.05, 0.1) is 33.5 Å². The van der Waals surface area contributed by atoms with Crippen molar-refractivity contribution in [2.75, 3.05) is 6.79 Å². The molecule has 0 N–H and O–H groups in total. The van der Waals surface area contributed by atoms with Crippen molar-refractivity contribution in [2.24, 2.45) is 0 Å². The van der Waals surface area contributed by atoms with Gasteiger partial charge in [0.1, 0.15) is 5.78 Å². The summed E-state index contributed by atoms with van der Waals surface area (Å²) in [5, 5.41) is -0.445. The summed E-state index contributed by atoms with van der Waals surface area (Å²) >= 11 is 0. The number of ether oxygens (including phenoxy) is 3. The first-order valence-corrected chi connectivity index (χ1v) is 14.7. The van der Waals surface area contributed by atoms with E-state index < -0.39 is 20.5 Å². The predicted molar refractivity (Wildman–Crippen MR) is 142 cm³/mol. The molecule has 2 atom stereocenters. The first-order valence-electron chi connectivity index (χ1n) is 13.1. The van der Waals surface area contributed by atoms with E-state index >= 15 is 0 Å². The number of hydrogen-bond acceptors (Lipinski definition) is 7. The number of rotatable bonds is 7. The maximum Gasteiger partial charge on any atom is 0.231 e. The zero-order valence-corrected chi connectivity index (χ0v) is 22.4. The summed E-state index contributed by atoms with van der Waals surface area (Å²) in [5.41, 5.74) is 2.69. The molecule has 8 heteroatoms. The van der Waals surface area contributed by atoms with Gasteiger partial charge < -0.3 is 14.2 Å². The highest BCUT2D eigenvalue weighted by Gasteiger charge is 2.51. The molecule has 0 spiro atoms. The highest BCUT2D eigenvalue weighted by molar-refractivity contribution is 7.92. The van der Waals surface area contributed by atoms with Crippen LogP contribution in [0.5, 0.6) is 11.5 Å². The molecule has 1 aliphatic carbocycles. The Morgan fingerprint density at radius 2 is 1.66 bits per heavy atom. The van der Waals surface area contributed by atoms with E-state index in [-0.39, 0.29) is 31.2 Å². The van der Waals surface area contributed by atoms with Crippen LogP contribution in [0.15, 0.2) is 65.6 Å². The van der Waals surface area contributed by atoms with E-state index in [0.29, 0.717) is 40.6 Å². The second-order valence-corrected chi connectivity index (χ2v) is 12.9. The largest absolute Gasteiger partial charge is 0.454 e. The average molecular weight is 534 g/mol. The van der Waals surface area contributed by atoms with Crippen LogP contribution in [0.4, 0.5) is 0 Å². The van der Waals surface area contributed by atoms with Crippen molar-refractivity contribution in [3.05, 3.63) is 71.9 Å². The quantitative estimate of drug-likeness (QED) is 0.420. The fraction of sp³-hybridized carbons (Fsp3) is 0.400. The van der Waals surface area contributed by atoms with Crippen LogP contribution in [0.1, 0.15) is 50.8 Å². The van der Waals surface area contributed by atoms with E-state index in [4.69, 9.17) is 19.2 Å². The Morgan fingerprint density at radius 3 is 2.37 bits per heavy atom. The molecule has 3 aromatic rings. The second kappa shape index (κ2) is 9.50. The van der Waals surface area contributed by atoms with Crippen LogP contribution in [0.2, 0.25) is 0 Å². The molecule has 2 aliphatic heterocycles. The number of aromatic nitrogens is 1. The summed E-state index contributed by atoms with van der Waals surface area (Å²) < 4.78 is 43.2. The number of carbonyl (C=O) groups excluding carboxylic acids is 1. The number of nitrogens with zero attached hydrogens (tertiary/aromatic N) is 1. The van der Waals surface area contributed by atoms with Gasteiger partial charge in [-0.15, -0.1) is 0 Å². The SMILES string of the molecule is CC1CC(S(=O)(=O)c2ccc(-c3cccc(CC(=O)C4(c5ccc6c(c5)OCO6)CC4)n3)cc2)CC(C)O1. The molecule has 2 unspecified atom stereocenters. The van der Waals surface area contributed by atoms with E-state index in [2.05, 4.69) is 0 Å². The van der Waals surface area contributed by atoms with Gasteiger partial charge in [0.25, 0.3) is 0 Å². The molecular formula is C30H31NO6S. The van der Waals surface area contributed by atoms with E-state index in [1.54, 1.807) is 24.3 Å². The lowest BCUT2D eigenvalue weighted by molar-refractivity contribution is -0.120. The van der Waals surface area contributed by atoms with Gasteiger partial charge in [-0.2, -0.15) is 0 Å². The van der Waals surface area contributed by atoms with Crippen LogP contribution in [0, 0.1) is 0 Å². The van der Waals surface area contributed by atoms with Crippen LogP contribution in [-0.2, 0) is 31.2 Å². The van der Waals surface area contributed by atoms with Gasteiger partial charge in [0, 0.05) is 17.7 Å². The Labute approximate surface area is 223 Å². The molecule has 1 aromatic heterocycles. The zero-order valence-electron chi connectivity index (χ0n) is 21.6. The molecule has 7 nitrogen and oxygen atoms in total. The van der Waals surface area contributed by atoms with Crippen molar-refractivity contribution >= 4 is 15.6 Å². The molecule has 3 aliphatic rings. The third-order valence-corrected chi connectivity index (χ3v) is 10.1. The summed E-state index contributed by atoms with van der Waals surface area (Å²) in [5.74, 6) is 1.54. The molecule has 198 valence electrons. The van der Waals surface area contributed by atoms with Crippen LogP contribution in [-0.4, -0.2) is 43.4 Å². The first kappa shape index (κ1) is 25.1. The van der Waals surface area contributed by atoms with Crippen molar-refractivity contribution in [3.63, 3.8) is 0 Å². The smallest absolute Gasteiger partial charge is 0.231 e. The third kappa shape index (κ3) is 4.60. The maximum atomic E-state index is 13.4. The van der Waals surface area contributed by atoms with E-state index in [0.717, 1.165) is 24.0 Å². The molecule has 3 heterocycles. The summed E-state index contributed by atoms with van der Waals surface area (Å²) in [7, 11) is -3.45. The number of benzene rings is 2. The number of pyridine rings is 1. The topological polar surface area (TPSA) is 91.8 Å². The normalized spacial score (nSPS) is 23.7. The van der Waals surface area contributed by atoms with E-state index in [9.17, 15) is 13.2 Å². The van der Waals surface area contributed by atoms with Crippen molar-refractivity contribution in [1.82, 2.24) is 4.98 Å². The summed E-state index contributed by atoms with van der Waals surface area (Å²) in [4.78, 5) is 18.5. The highest BCUT2D eigenvalue weighted by atomic mass is 32.2. The van der Waals surface area contributed by atoms with Crippen LogP contribution in [0.25, 0.3) is 11.3 Å². The Morgan fingerprint density at radius 1 is 0.947 bits per heavy atom. The van der Waals surface area contributed by atoms with Gasteiger partial charge in [-0.3, -0.25) is 9.78 Å². The summed E-state index contributed by atoms with van der Waals surface area (Å²) in [6, 6.07) is 18.3. The molecule has 0 amide bonds. The van der Waals surface area contributed by atoms with Gasteiger partial charge in [0.15, 0.2) is 21.3 Å². The number of sulfone groups is 1. The highest BCUT2D eigenvalue weighted by Crippen LogP contribution is 2.51. The van der Waals surface area contributed by atoms with Crippen LogP contribution >= 0.6 is 0 Å². The number of carbonyl (C=O) groups is 1. The molecule has 38 heavy (non-hydrogen) atoms. The molecule has 0 radical (unpaired) electrons. The van der Waals surface area contributed by atoms with E-state index in [1.807, 2.05) is 50.2 Å². The minimum atomic E-state index is -3.45. The summed E-state index contributed by atoms with van der Waals surface area (Å²) in [6.07, 6.45) is 2.70. The van der Waals surface area contributed by atoms with Gasteiger partial charge in [-0.1, -0.05) is 24.3 Å². The van der Waals surface area contributed by atoms with Crippen molar-refractivity contribution < 1.29 is 27.4 Å². The molecular weight excluding hydrogens is 502 g/mol. The first-order chi connectivity index (χ1) is 18.2. The van der Waals surface area contributed by atoms with Crippen molar-refractivity contribution in [1.29, 1.82) is 0 Å². The van der Waals surface area contributed by atoms with Gasteiger partial charge >= 0.3 is 0 Å².